The van der Waals surface area contributed by atoms with Crippen LogP contribution in [0.1, 0.15) is 18.9 Å². The van der Waals surface area contributed by atoms with E-state index in [1.54, 1.807) is 12.0 Å². The van der Waals surface area contributed by atoms with Crippen molar-refractivity contribution in [1.82, 2.24) is 10.2 Å². The minimum absolute atomic E-state index is 0.0420. The second-order valence-electron chi connectivity index (χ2n) is 5.98. The molecular weight excluding hydrogens is 328 g/mol. The lowest BCUT2D eigenvalue weighted by molar-refractivity contribution is -0.131. The van der Waals surface area contributed by atoms with Crippen LogP contribution >= 0.6 is 0 Å². The second kappa shape index (κ2) is 8.48. The van der Waals surface area contributed by atoms with Gasteiger partial charge in [0.1, 0.15) is 5.75 Å². The van der Waals surface area contributed by atoms with Gasteiger partial charge in [-0.3, -0.25) is 4.79 Å². The van der Waals surface area contributed by atoms with Crippen molar-refractivity contribution in [3.8, 4) is 5.75 Å². The maximum Gasteiger partial charge on any atom is 0.236 e. The summed E-state index contributed by atoms with van der Waals surface area (Å²) in [6.07, 6.45) is 1.31. The number of rotatable bonds is 8. The molecule has 6 nitrogen and oxygen atoms in total. The standard InChI is InChI=1S/C17H26N2O4S/c1-3-19(15-9-11-24(21,22)13-15)17(20)12-18-10-8-14-6-4-5-7-16(14)23-2/h4-7,15,18H,3,8-13H2,1-2H3. The summed E-state index contributed by atoms with van der Waals surface area (Å²) in [4.78, 5) is 14.0. The van der Waals surface area contributed by atoms with Gasteiger partial charge in [-0.25, -0.2) is 8.42 Å². The summed E-state index contributed by atoms with van der Waals surface area (Å²) < 4.78 is 28.5. The van der Waals surface area contributed by atoms with Crippen LogP contribution in [0.4, 0.5) is 0 Å². The molecule has 2 rings (SSSR count). The van der Waals surface area contributed by atoms with Crippen molar-refractivity contribution in [2.75, 3.05) is 38.2 Å². The Kier molecular flexibility index (Phi) is 6.62. The Morgan fingerprint density at radius 3 is 2.75 bits per heavy atom. The van der Waals surface area contributed by atoms with Crippen LogP contribution in [0.2, 0.25) is 0 Å². The highest BCUT2D eigenvalue weighted by molar-refractivity contribution is 7.91. The number of amides is 1. The molecule has 1 N–H and O–H groups in total. The molecule has 24 heavy (non-hydrogen) atoms. The molecule has 1 aliphatic heterocycles. The molecule has 1 atom stereocenters. The number of hydrogen-bond acceptors (Lipinski definition) is 5. The van der Waals surface area contributed by atoms with Crippen LogP contribution in [0.3, 0.4) is 0 Å². The predicted molar refractivity (Wildman–Crippen MR) is 94.0 cm³/mol. The van der Waals surface area contributed by atoms with Gasteiger partial charge in [0.05, 0.1) is 25.2 Å². The van der Waals surface area contributed by atoms with Crippen LogP contribution in [-0.4, -0.2) is 63.5 Å². The topological polar surface area (TPSA) is 75.7 Å². The Balaban J connectivity index is 1.79. The summed E-state index contributed by atoms with van der Waals surface area (Å²) in [5.41, 5.74) is 1.09. The molecule has 1 fully saturated rings. The number of nitrogens with one attached hydrogen (secondary N) is 1. The number of carbonyl (C=O) groups is 1. The van der Waals surface area contributed by atoms with E-state index in [-0.39, 0.29) is 30.0 Å². The van der Waals surface area contributed by atoms with Crippen molar-refractivity contribution >= 4 is 15.7 Å². The number of methoxy groups -OCH3 is 1. The Hall–Kier alpha value is -1.60. The summed E-state index contributed by atoms with van der Waals surface area (Å²) in [6.45, 7) is 3.30. The van der Waals surface area contributed by atoms with Gasteiger partial charge in [0.25, 0.3) is 0 Å². The SMILES string of the molecule is CCN(C(=O)CNCCc1ccccc1OC)C1CCS(=O)(=O)C1. The van der Waals surface area contributed by atoms with Crippen LogP contribution in [-0.2, 0) is 21.1 Å². The molecular formula is C17H26N2O4S. The fourth-order valence-electron chi connectivity index (χ4n) is 3.09. The molecule has 0 aromatic heterocycles. The van der Waals surface area contributed by atoms with E-state index in [4.69, 9.17) is 4.74 Å². The molecule has 1 saturated heterocycles. The molecule has 134 valence electrons. The van der Waals surface area contributed by atoms with E-state index in [1.165, 1.54) is 0 Å². The van der Waals surface area contributed by atoms with Crippen molar-refractivity contribution in [3.05, 3.63) is 29.8 Å². The predicted octanol–water partition coefficient (Wildman–Crippen LogP) is 0.863. The van der Waals surface area contributed by atoms with E-state index in [1.807, 2.05) is 31.2 Å². The minimum atomic E-state index is -2.98. The molecule has 0 bridgehead atoms. The largest absolute Gasteiger partial charge is 0.496 e. The van der Waals surface area contributed by atoms with Crippen LogP contribution < -0.4 is 10.1 Å². The lowest BCUT2D eigenvalue weighted by Crippen LogP contribution is -2.45. The molecule has 1 unspecified atom stereocenters. The highest BCUT2D eigenvalue weighted by Gasteiger charge is 2.33. The molecule has 1 aliphatic rings. The van der Waals surface area contributed by atoms with Gasteiger partial charge in [0, 0.05) is 12.6 Å². The van der Waals surface area contributed by atoms with Crippen molar-refractivity contribution < 1.29 is 17.9 Å². The number of para-hydroxylation sites is 1. The zero-order valence-corrected chi connectivity index (χ0v) is 15.1. The molecule has 1 amide bonds. The second-order valence-corrected chi connectivity index (χ2v) is 8.20. The number of ether oxygens (including phenoxy) is 1. The van der Waals surface area contributed by atoms with E-state index in [0.29, 0.717) is 19.5 Å². The maximum atomic E-state index is 12.4. The number of benzene rings is 1. The smallest absolute Gasteiger partial charge is 0.236 e. The van der Waals surface area contributed by atoms with E-state index in [0.717, 1.165) is 17.7 Å². The van der Waals surface area contributed by atoms with Crippen LogP contribution in [0, 0.1) is 0 Å². The van der Waals surface area contributed by atoms with Gasteiger partial charge in [-0.2, -0.15) is 0 Å². The summed E-state index contributed by atoms with van der Waals surface area (Å²) in [6, 6.07) is 7.63. The summed E-state index contributed by atoms with van der Waals surface area (Å²) in [5, 5.41) is 3.15. The van der Waals surface area contributed by atoms with Crippen molar-refractivity contribution in [1.29, 1.82) is 0 Å². The van der Waals surface area contributed by atoms with Gasteiger partial charge in [0.2, 0.25) is 5.91 Å². The Morgan fingerprint density at radius 1 is 1.38 bits per heavy atom. The van der Waals surface area contributed by atoms with Crippen LogP contribution in [0.25, 0.3) is 0 Å². The molecule has 0 aliphatic carbocycles. The molecule has 0 saturated carbocycles. The van der Waals surface area contributed by atoms with E-state index >= 15 is 0 Å². The Bertz CT molecular complexity index is 660. The average Bonchev–Trinajstić information content (AvgIpc) is 2.92. The van der Waals surface area contributed by atoms with Gasteiger partial charge >= 0.3 is 0 Å². The molecule has 1 heterocycles. The normalized spacial score (nSPS) is 19.2. The first-order valence-corrected chi connectivity index (χ1v) is 10.1. The zero-order valence-electron chi connectivity index (χ0n) is 14.3. The van der Waals surface area contributed by atoms with E-state index in [9.17, 15) is 13.2 Å². The maximum absolute atomic E-state index is 12.4. The van der Waals surface area contributed by atoms with E-state index in [2.05, 4.69) is 5.32 Å². The third-order valence-electron chi connectivity index (χ3n) is 4.35. The van der Waals surface area contributed by atoms with Crippen molar-refractivity contribution in [3.63, 3.8) is 0 Å². The fraction of sp³-hybridized carbons (Fsp3) is 0.588. The lowest BCUT2D eigenvalue weighted by atomic mass is 10.1. The number of likely N-dealkylation sites (N-methyl/N-ethyl adjacent to an activating group) is 1. The average molecular weight is 354 g/mol. The zero-order chi connectivity index (χ0) is 17.6. The number of sulfone groups is 1. The van der Waals surface area contributed by atoms with Crippen LogP contribution in [0.5, 0.6) is 5.75 Å². The first-order valence-electron chi connectivity index (χ1n) is 8.29. The Morgan fingerprint density at radius 2 is 2.12 bits per heavy atom. The van der Waals surface area contributed by atoms with Gasteiger partial charge < -0.3 is 15.0 Å². The van der Waals surface area contributed by atoms with Gasteiger partial charge in [-0.1, -0.05) is 18.2 Å². The van der Waals surface area contributed by atoms with E-state index < -0.39 is 9.84 Å². The van der Waals surface area contributed by atoms with Crippen LogP contribution in [0.15, 0.2) is 24.3 Å². The van der Waals surface area contributed by atoms with Crippen molar-refractivity contribution in [2.45, 2.75) is 25.8 Å². The first-order chi connectivity index (χ1) is 11.5. The molecule has 7 heteroatoms. The minimum Gasteiger partial charge on any atom is -0.496 e. The molecule has 1 aromatic carbocycles. The highest BCUT2D eigenvalue weighted by Crippen LogP contribution is 2.18. The molecule has 0 radical (unpaired) electrons. The van der Waals surface area contributed by atoms with Crippen molar-refractivity contribution in [2.24, 2.45) is 0 Å². The third-order valence-corrected chi connectivity index (χ3v) is 6.10. The molecule has 1 aromatic rings. The highest BCUT2D eigenvalue weighted by atomic mass is 32.2. The summed E-state index contributed by atoms with van der Waals surface area (Å²) in [7, 11) is -1.34. The number of hydrogen-bond donors (Lipinski definition) is 1. The molecule has 0 spiro atoms. The third kappa shape index (κ3) is 4.95. The summed E-state index contributed by atoms with van der Waals surface area (Å²) >= 11 is 0. The first kappa shape index (κ1) is 18.7. The van der Waals surface area contributed by atoms with Gasteiger partial charge in [-0.15, -0.1) is 0 Å². The monoisotopic (exact) mass is 354 g/mol. The fourth-order valence-corrected chi connectivity index (χ4v) is 4.82. The number of nitrogens with zero attached hydrogens (tertiary/aromatic N) is 1. The Labute approximate surface area is 144 Å². The quantitative estimate of drug-likeness (QED) is 0.701. The van der Waals surface area contributed by atoms with Gasteiger partial charge in [-0.05, 0) is 37.9 Å². The van der Waals surface area contributed by atoms with Gasteiger partial charge in [0.15, 0.2) is 9.84 Å². The number of carbonyl (C=O) groups excluding carboxylic acids is 1. The summed E-state index contributed by atoms with van der Waals surface area (Å²) in [5.74, 6) is 1.08. The lowest BCUT2D eigenvalue weighted by Gasteiger charge is -2.27.